The Kier molecular flexibility index (Phi) is 6.88. The SMILES string of the molecule is O=C(O)c1cc(O)c(O[C@@H]2[C@@H](O)[C@H](O)O[C@H](COC(=O)c3cc(O)c(O)c(O)c3)[C@H]2O)c(O)c1. The highest BCUT2D eigenvalue weighted by Gasteiger charge is 2.46. The van der Waals surface area contributed by atoms with Gasteiger partial charge < -0.3 is 60.2 Å². The number of carbonyl (C=O) groups is 2. The van der Waals surface area contributed by atoms with Crippen molar-refractivity contribution in [3.8, 4) is 34.5 Å². The molecule has 1 heterocycles. The van der Waals surface area contributed by atoms with Crippen molar-refractivity contribution >= 4 is 11.9 Å². The van der Waals surface area contributed by atoms with Gasteiger partial charge in [-0.1, -0.05) is 0 Å². The molecule has 2 aromatic carbocycles. The lowest BCUT2D eigenvalue weighted by Gasteiger charge is -2.40. The first-order valence-corrected chi connectivity index (χ1v) is 9.48. The highest BCUT2D eigenvalue weighted by molar-refractivity contribution is 5.91. The molecule has 1 aliphatic heterocycles. The Morgan fingerprint density at radius 3 is 1.88 bits per heavy atom. The fraction of sp³-hybridized carbons (Fsp3) is 0.300. The largest absolute Gasteiger partial charge is 0.504 e. The van der Waals surface area contributed by atoms with Crippen LogP contribution in [0.4, 0.5) is 0 Å². The number of aromatic hydroxyl groups is 5. The van der Waals surface area contributed by atoms with Gasteiger partial charge in [-0.15, -0.1) is 0 Å². The summed E-state index contributed by atoms with van der Waals surface area (Å²) in [4.78, 5) is 23.2. The summed E-state index contributed by atoms with van der Waals surface area (Å²) in [5, 5.41) is 87.9. The molecule has 5 atom stereocenters. The smallest absolute Gasteiger partial charge is 0.338 e. The number of carbonyl (C=O) groups excluding carboxylic acids is 1. The van der Waals surface area contributed by atoms with Crippen molar-refractivity contribution in [3.63, 3.8) is 0 Å². The van der Waals surface area contributed by atoms with Crippen LogP contribution in [0.15, 0.2) is 24.3 Å². The average molecular weight is 484 g/mol. The van der Waals surface area contributed by atoms with Crippen LogP contribution in [-0.2, 0) is 9.47 Å². The van der Waals surface area contributed by atoms with Gasteiger partial charge in [-0.25, -0.2) is 9.59 Å². The second-order valence-corrected chi connectivity index (χ2v) is 7.24. The molecule has 0 aliphatic carbocycles. The van der Waals surface area contributed by atoms with Crippen molar-refractivity contribution in [2.24, 2.45) is 0 Å². The monoisotopic (exact) mass is 484 g/mol. The second kappa shape index (κ2) is 9.48. The van der Waals surface area contributed by atoms with Gasteiger partial charge in [0.05, 0.1) is 11.1 Å². The lowest BCUT2D eigenvalue weighted by Crippen LogP contribution is -2.60. The standard InChI is InChI=1S/C20H20O14/c21-8-3-7(4-9(22)13(8)25)19(30)32-5-12-14(26)17(15(27)20(31)33-12)34-16-10(23)1-6(18(28)29)2-11(16)24/h1-4,12,14-15,17,20-27,31H,5H2,(H,28,29)/t12-,14-,15-,17+,20-/m1/s1. The number of rotatable bonds is 6. The number of phenolic OH excluding ortho intramolecular Hbond substituents is 5. The predicted octanol–water partition coefficient (Wildman–Crippen LogP) is -1.04. The minimum atomic E-state index is -1.97. The summed E-state index contributed by atoms with van der Waals surface area (Å²) in [6, 6.07) is 3.08. The Morgan fingerprint density at radius 2 is 1.35 bits per heavy atom. The molecule has 9 N–H and O–H groups in total. The minimum Gasteiger partial charge on any atom is -0.504 e. The zero-order valence-electron chi connectivity index (χ0n) is 17.0. The third-order valence-corrected chi connectivity index (χ3v) is 4.90. The number of aliphatic hydroxyl groups is 3. The first-order valence-electron chi connectivity index (χ1n) is 9.48. The van der Waals surface area contributed by atoms with E-state index in [0.29, 0.717) is 0 Å². The first kappa shape index (κ1) is 24.7. The quantitative estimate of drug-likeness (QED) is 0.176. The topological polar surface area (TPSA) is 244 Å². The summed E-state index contributed by atoms with van der Waals surface area (Å²) in [5.74, 6) is -7.44. The molecule has 14 heteroatoms. The van der Waals surface area contributed by atoms with Gasteiger partial charge in [-0.05, 0) is 24.3 Å². The van der Waals surface area contributed by atoms with E-state index in [1.165, 1.54) is 0 Å². The summed E-state index contributed by atoms with van der Waals surface area (Å²) >= 11 is 0. The number of phenols is 5. The third-order valence-electron chi connectivity index (χ3n) is 4.90. The van der Waals surface area contributed by atoms with Crippen LogP contribution in [0.5, 0.6) is 34.5 Å². The lowest BCUT2D eigenvalue weighted by molar-refractivity contribution is -0.281. The number of hydrogen-bond acceptors (Lipinski definition) is 13. The van der Waals surface area contributed by atoms with Crippen LogP contribution in [0, 0.1) is 0 Å². The van der Waals surface area contributed by atoms with Gasteiger partial charge in [-0.2, -0.15) is 0 Å². The van der Waals surface area contributed by atoms with E-state index in [4.69, 9.17) is 19.3 Å². The van der Waals surface area contributed by atoms with Crippen molar-refractivity contribution in [3.05, 3.63) is 35.4 Å². The van der Waals surface area contributed by atoms with E-state index in [1.807, 2.05) is 0 Å². The van der Waals surface area contributed by atoms with Crippen LogP contribution in [0.2, 0.25) is 0 Å². The number of hydrogen-bond donors (Lipinski definition) is 9. The third kappa shape index (κ3) is 4.84. The van der Waals surface area contributed by atoms with Crippen LogP contribution in [0.1, 0.15) is 20.7 Å². The van der Waals surface area contributed by atoms with Crippen LogP contribution in [0.25, 0.3) is 0 Å². The molecule has 2 aromatic rings. The Morgan fingerprint density at radius 1 is 0.824 bits per heavy atom. The van der Waals surface area contributed by atoms with Crippen LogP contribution >= 0.6 is 0 Å². The predicted molar refractivity (Wildman–Crippen MR) is 106 cm³/mol. The summed E-state index contributed by atoms with van der Waals surface area (Å²) in [6.45, 7) is -0.734. The maximum absolute atomic E-state index is 12.2. The van der Waals surface area contributed by atoms with Gasteiger partial charge in [0.1, 0.15) is 24.9 Å². The fourth-order valence-electron chi connectivity index (χ4n) is 3.14. The van der Waals surface area contributed by atoms with Gasteiger partial charge >= 0.3 is 11.9 Å². The molecule has 3 rings (SSSR count). The lowest BCUT2D eigenvalue weighted by atomic mass is 9.99. The zero-order chi connectivity index (χ0) is 25.3. The molecule has 0 aromatic heterocycles. The molecular weight excluding hydrogens is 464 g/mol. The average Bonchev–Trinajstić information content (AvgIpc) is 2.77. The van der Waals surface area contributed by atoms with Gasteiger partial charge in [0, 0.05) is 0 Å². The number of benzene rings is 2. The molecule has 0 bridgehead atoms. The Bertz CT molecular complexity index is 1050. The van der Waals surface area contributed by atoms with E-state index in [2.05, 4.69) is 0 Å². The van der Waals surface area contributed by atoms with E-state index in [0.717, 1.165) is 24.3 Å². The normalized spacial score (nSPS) is 24.4. The number of carboxylic acids is 1. The van der Waals surface area contributed by atoms with E-state index < -0.39 is 89.3 Å². The highest BCUT2D eigenvalue weighted by atomic mass is 16.7. The molecule has 0 unspecified atom stereocenters. The van der Waals surface area contributed by atoms with E-state index in [-0.39, 0.29) is 5.56 Å². The van der Waals surface area contributed by atoms with Crippen LogP contribution in [0.3, 0.4) is 0 Å². The number of aliphatic hydroxyl groups excluding tert-OH is 3. The molecule has 1 saturated heterocycles. The van der Waals surface area contributed by atoms with Crippen molar-refractivity contribution in [2.45, 2.75) is 30.7 Å². The summed E-state index contributed by atoms with van der Waals surface area (Å²) in [6.07, 6.45) is -8.95. The van der Waals surface area contributed by atoms with E-state index in [1.54, 1.807) is 0 Å². The second-order valence-electron chi connectivity index (χ2n) is 7.24. The molecule has 14 nitrogen and oxygen atoms in total. The van der Waals surface area contributed by atoms with Gasteiger partial charge in [0.15, 0.2) is 41.1 Å². The first-order chi connectivity index (χ1) is 15.9. The van der Waals surface area contributed by atoms with Crippen molar-refractivity contribution < 1.29 is 69.8 Å². The van der Waals surface area contributed by atoms with Gasteiger partial charge in [0.25, 0.3) is 0 Å². The molecule has 1 aliphatic rings. The minimum absolute atomic E-state index is 0.375. The summed E-state index contributed by atoms with van der Waals surface area (Å²) in [5.41, 5.74) is -0.855. The van der Waals surface area contributed by atoms with Crippen LogP contribution < -0.4 is 4.74 Å². The molecule has 0 radical (unpaired) electrons. The number of aromatic carboxylic acids is 1. The van der Waals surface area contributed by atoms with Crippen LogP contribution in [-0.4, -0.2) is 95.2 Å². The fourth-order valence-corrected chi connectivity index (χ4v) is 3.14. The van der Waals surface area contributed by atoms with E-state index >= 15 is 0 Å². The number of carboxylic acid groups (broad SMARTS) is 1. The van der Waals surface area contributed by atoms with Gasteiger partial charge in [0.2, 0.25) is 5.75 Å². The molecule has 0 spiro atoms. The summed E-state index contributed by atoms with van der Waals surface area (Å²) < 4.78 is 15.2. The van der Waals surface area contributed by atoms with Crippen molar-refractivity contribution in [1.82, 2.24) is 0 Å². The van der Waals surface area contributed by atoms with Crippen molar-refractivity contribution in [2.75, 3.05) is 6.61 Å². The summed E-state index contributed by atoms with van der Waals surface area (Å²) in [7, 11) is 0. The molecule has 0 saturated carbocycles. The molecular formula is C20H20O14. The zero-order valence-corrected chi connectivity index (χ0v) is 17.0. The molecule has 184 valence electrons. The molecule has 34 heavy (non-hydrogen) atoms. The molecule has 0 amide bonds. The number of esters is 1. The maximum atomic E-state index is 12.2. The van der Waals surface area contributed by atoms with Gasteiger partial charge in [-0.3, -0.25) is 0 Å². The highest BCUT2D eigenvalue weighted by Crippen LogP contribution is 2.39. The Balaban J connectivity index is 1.75. The van der Waals surface area contributed by atoms with E-state index in [9.17, 15) is 50.4 Å². The Labute approximate surface area is 189 Å². The molecule has 1 fully saturated rings. The Hall–Kier alpha value is -3.98. The van der Waals surface area contributed by atoms with Crippen molar-refractivity contribution in [1.29, 1.82) is 0 Å². The maximum Gasteiger partial charge on any atom is 0.338 e. The number of ether oxygens (including phenoxy) is 3.